The van der Waals surface area contributed by atoms with Crippen molar-refractivity contribution in [1.82, 2.24) is 0 Å². The number of carbonyl (C=O) groups is 2. The van der Waals surface area contributed by atoms with E-state index in [-0.39, 0.29) is 5.56 Å². The molecular formula is C15H9F3O3. The first-order valence-corrected chi connectivity index (χ1v) is 5.84. The van der Waals surface area contributed by atoms with Crippen LogP contribution in [0.25, 0.3) is 11.1 Å². The second-order valence-corrected chi connectivity index (χ2v) is 4.29. The molecule has 0 aliphatic carbocycles. The number of carbonyl (C=O) groups excluding carboxylic acids is 1. The zero-order valence-electron chi connectivity index (χ0n) is 10.5. The fraction of sp³-hybridized carbons (Fsp3) is 0.0667. The monoisotopic (exact) mass is 294 g/mol. The zero-order valence-corrected chi connectivity index (χ0v) is 10.5. The van der Waals surface area contributed by atoms with E-state index in [9.17, 15) is 22.8 Å². The van der Waals surface area contributed by atoms with Gasteiger partial charge in [-0.25, -0.2) is 4.79 Å². The molecule has 21 heavy (non-hydrogen) atoms. The van der Waals surface area contributed by atoms with E-state index in [0.29, 0.717) is 11.1 Å². The first kappa shape index (κ1) is 14.8. The fourth-order valence-corrected chi connectivity index (χ4v) is 1.78. The molecule has 2 aromatic rings. The van der Waals surface area contributed by atoms with E-state index in [2.05, 4.69) is 0 Å². The third kappa shape index (κ3) is 3.28. The number of rotatable bonds is 3. The van der Waals surface area contributed by atoms with Gasteiger partial charge in [0.2, 0.25) is 0 Å². The van der Waals surface area contributed by atoms with Gasteiger partial charge in [0.05, 0.1) is 5.56 Å². The highest BCUT2D eigenvalue weighted by atomic mass is 19.4. The third-order valence-corrected chi connectivity index (χ3v) is 2.87. The average Bonchev–Trinajstić information content (AvgIpc) is 2.46. The van der Waals surface area contributed by atoms with Crippen LogP contribution in [0.1, 0.15) is 20.7 Å². The lowest BCUT2D eigenvalue weighted by molar-refractivity contribution is -0.0885. The summed E-state index contributed by atoms with van der Waals surface area (Å²) in [4.78, 5) is 21.8. The molecule has 0 aromatic heterocycles. The van der Waals surface area contributed by atoms with Crippen molar-refractivity contribution in [3.63, 3.8) is 0 Å². The van der Waals surface area contributed by atoms with Gasteiger partial charge in [-0.15, -0.1) is 0 Å². The predicted molar refractivity (Wildman–Crippen MR) is 69.2 cm³/mol. The lowest BCUT2D eigenvalue weighted by Gasteiger charge is -2.07. The van der Waals surface area contributed by atoms with Crippen LogP contribution in [0.15, 0.2) is 48.5 Å². The number of carboxylic acids is 1. The van der Waals surface area contributed by atoms with Crippen molar-refractivity contribution in [2.45, 2.75) is 6.18 Å². The van der Waals surface area contributed by atoms with Crippen molar-refractivity contribution in [2.24, 2.45) is 0 Å². The first-order valence-electron chi connectivity index (χ1n) is 5.84. The number of halogens is 3. The van der Waals surface area contributed by atoms with E-state index in [4.69, 9.17) is 5.11 Å². The number of aromatic carboxylic acids is 1. The molecule has 0 unspecified atom stereocenters. The van der Waals surface area contributed by atoms with Gasteiger partial charge in [0.25, 0.3) is 5.78 Å². The van der Waals surface area contributed by atoms with E-state index >= 15 is 0 Å². The van der Waals surface area contributed by atoms with Crippen LogP contribution in [-0.4, -0.2) is 23.0 Å². The summed E-state index contributed by atoms with van der Waals surface area (Å²) in [7, 11) is 0. The number of hydrogen-bond donors (Lipinski definition) is 1. The second kappa shape index (κ2) is 5.40. The number of carboxylic acid groups (broad SMARTS) is 1. The topological polar surface area (TPSA) is 54.4 Å². The smallest absolute Gasteiger partial charge is 0.454 e. The summed E-state index contributed by atoms with van der Waals surface area (Å²) in [5.41, 5.74) is 0.910. The molecule has 6 heteroatoms. The Labute approximate surface area is 117 Å². The molecule has 0 bridgehead atoms. The van der Waals surface area contributed by atoms with Crippen LogP contribution in [0.5, 0.6) is 0 Å². The average molecular weight is 294 g/mol. The van der Waals surface area contributed by atoms with E-state index in [0.717, 1.165) is 12.1 Å². The Bertz CT molecular complexity index is 671. The molecule has 0 aliphatic heterocycles. The minimum atomic E-state index is -4.90. The zero-order chi connectivity index (χ0) is 15.6. The van der Waals surface area contributed by atoms with Gasteiger partial charge in [-0.1, -0.05) is 36.4 Å². The molecule has 0 atom stereocenters. The number of alkyl halides is 3. The molecule has 0 radical (unpaired) electrons. The molecule has 2 rings (SSSR count). The maximum absolute atomic E-state index is 12.3. The summed E-state index contributed by atoms with van der Waals surface area (Å²) in [6.45, 7) is 0. The third-order valence-electron chi connectivity index (χ3n) is 2.87. The highest BCUT2D eigenvalue weighted by Crippen LogP contribution is 2.24. The van der Waals surface area contributed by atoms with Crippen molar-refractivity contribution in [2.75, 3.05) is 0 Å². The summed E-state index contributed by atoms with van der Waals surface area (Å²) in [6.07, 6.45) is -4.90. The summed E-state index contributed by atoms with van der Waals surface area (Å²) in [5, 5.41) is 8.78. The van der Waals surface area contributed by atoms with Crippen molar-refractivity contribution < 1.29 is 27.9 Å². The van der Waals surface area contributed by atoms with Gasteiger partial charge in [0.15, 0.2) is 0 Å². The largest absolute Gasteiger partial charge is 0.478 e. The van der Waals surface area contributed by atoms with Crippen molar-refractivity contribution >= 4 is 11.8 Å². The highest BCUT2D eigenvalue weighted by molar-refractivity contribution is 6.00. The van der Waals surface area contributed by atoms with Crippen LogP contribution in [0, 0.1) is 0 Å². The second-order valence-electron chi connectivity index (χ2n) is 4.29. The Morgan fingerprint density at radius 2 is 1.14 bits per heavy atom. The molecule has 0 amide bonds. The lowest BCUT2D eigenvalue weighted by atomic mass is 10.0. The van der Waals surface area contributed by atoms with Gasteiger partial charge >= 0.3 is 12.1 Å². The summed E-state index contributed by atoms with van der Waals surface area (Å²) < 4.78 is 36.8. The summed E-state index contributed by atoms with van der Waals surface area (Å²) in [6, 6.07) is 10.8. The predicted octanol–water partition coefficient (Wildman–Crippen LogP) is 3.80. The Morgan fingerprint density at radius 3 is 1.48 bits per heavy atom. The first-order chi connectivity index (χ1) is 9.79. The number of benzene rings is 2. The van der Waals surface area contributed by atoms with Gasteiger partial charge in [-0.2, -0.15) is 13.2 Å². The molecule has 1 N–H and O–H groups in total. The maximum atomic E-state index is 12.3. The quantitative estimate of drug-likeness (QED) is 0.876. The van der Waals surface area contributed by atoms with Gasteiger partial charge in [0, 0.05) is 5.56 Å². The number of Topliss-reactive ketones (excluding diaryl/α,β-unsaturated/α-hetero) is 1. The molecule has 0 fully saturated rings. The Kier molecular flexibility index (Phi) is 3.80. The molecule has 108 valence electrons. The lowest BCUT2D eigenvalue weighted by Crippen LogP contribution is -2.22. The standard InChI is InChI=1S/C15H9F3O3/c16-15(17,18)13(19)11-5-1-9(2-6-11)10-3-7-12(8-4-10)14(20)21/h1-8H,(H,20,21). The van der Waals surface area contributed by atoms with Gasteiger partial charge in [0.1, 0.15) is 0 Å². The van der Waals surface area contributed by atoms with Gasteiger partial charge in [-0.3, -0.25) is 4.79 Å². The van der Waals surface area contributed by atoms with Crippen LogP contribution >= 0.6 is 0 Å². The molecule has 3 nitrogen and oxygen atoms in total. The Balaban J connectivity index is 2.27. The van der Waals surface area contributed by atoms with Gasteiger partial charge in [-0.05, 0) is 23.3 Å². The van der Waals surface area contributed by atoms with Crippen LogP contribution in [0.3, 0.4) is 0 Å². The summed E-state index contributed by atoms with van der Waals surface area (Å²) in [5.74, 6) is -2.96. The van der Waals surface area contributed by atoms with Crippen LogP contribution in [-0.2, 0) is 0 Å². The van der Waals surface area contributed by atoms with E-state index < -0.39 is 23.5 Å². The molecular weight excluding hydrogens is 285 g/mol. The fourth-order valence-electron chi connectivity index (χ4n) is 1.78. The molecule has 0 saturated heterocycles. The SMILES string of the molecule is O=C(O)c1ccc(-c2ccc(C(=O)C(F)(F)F)cc2)cc1. The minimum absolute atomic E-state index is 0.114. The number of hydrogen-bond acceptors (Lipinski definition) is 2. The Morgan fingerprint density at radius 1 is 0.762 bits per heavy atom. The molecule has 2 aromatic carbocycles. The highest BCUT2D eigenvalue weighted by Gasteiger charge is 2.39. The van der Waals surface area contributed by atoms with Crippen molar-refractivity contribution in [1.29, 1.82) is 0 Å². The van der Waals surface area contributed by atoms with E-state index in [1.807, 2.05) is 0 Å². The van der Waals surface area contributed by atoms with Crippen LogP contribution < -0.4 is 0 Å². The molecule has 0 aliphatic rings. The summed E-state index contributed by atoms with van der Waals surface area (Å²) >= 11 is 0. The number of ketones is 1. The van der Waals surface area contributed by atoms with E-state index in [1.54, 1.807) is 12.1 Å². The minimum Gasteiger partial charge on any atom is -0.478 e. The van der Waals surface area contributed by atoms with Crippen molar-refractivity contribution in [3.05, 3.63) is 59.7 Å². The molecule has 0 spiro atoms. The Hall–Kier alpha value is -2.63. The van der Waals surface area contributed by atoms with Gasteiger partial charge < -0.3 is 5.11 Å². The normalized spacial score (nSPS) is 11.2. The van der Waals surface area contributed by atoms with Crippen molar-refractivity contribution in [3.8, 4) is 11.1 Å². The van der Waals surface area contributed by atoms with Crippen LogP contribution in [0.2, 0.25) is 0 Å². The molecule has 0 saturated carbocycles. The van der Waals surface area contributed by atoms with E-state index in [1.165, 1.54) is 24.3 Å². The molecule has 0 heterocycles. The maximum Gasteiger partial charge on any atom is 0.454 e. The van der Waals surface area contributed by atoms with Crippen LogP contribution in [0.4, 0.5) is 13.2 Å².